The van der Waals surface area contributed by atoms with Crippen LogP contribution in [0.25, 0.3) is 0 Å². The normalized spacial score (nSPS) is 24.0. The molecule has 1 aliphatic carbocycles. The molecule has 0 spiro atoms. The first-order valence-electron chi connectivity index (χ1n) is 2.13. The SMILES string of the molecule is [CH]1C[CH]CC1. The summed E-state index contributed by atoms with van der Waals surface area (Å²) in [7, 11) is 0. The molecule has 5 heavy (non-hydrogen) atoms. The van der Waals surface area contributed by atoms with Gasteiger partial charge in [0.25, 0.3) is 0 Å². The molecule has 0 heterocycles. The third kappa shape index (κ3) is 0.640. The lowest BCUT2D eigenvalue weighted by Gasteiger charge is -1.66. The first kappa shape index (κ1) is 3.20. The van der Waals surface area contributed by atoms with Gasteiger partial charge in [0, 0.05) is 0 Å². The Morgan fingerprint density at radius 1 is 1.00 bits per heavy atom. The van der Waals surface area contributed by atoms with Gasteiger partial charge < -0.3 is 0 Å². The zero-order valence-corrected chi connectivity index (χ0v) is 3.28. The van der Waals surface area contributed by atoms with E-state index in [2.05, 4.69) is 12.8 Å². The van der Waals surface area contributed by atoms with Crippen molar-refractivity contribution in [2.24, 2.45) is 0 Å². The topological polar surface area (TPSA) is 0 Å². The Bertz CT molecular complexity index is 11.6. The second-order valence-corrected chi connectivity index (χ2v) is 1.39. The predicted molar refractivity (Wildman–Crippen MR) is 22.5 cm³/mol. The molecular formula is C5H8. The highest BCUT2D eigenvalue weighted by atomic mass is 14.0. The van der Waals surface area contributed by atoms with Gasteiger partial charge in [-0.3, -0.25) is 0 Å². The molecule has 1 saturated carbocycles. The molecule has 28 valence electrons. The first-order valence-corrected chi connectivity index (χ1v) is 2.13. The van der Waals surface area contributed by atoms with Crippen LogP contribution >= 0.6 is 0 Å². The standard InChI is InChI=1S/C5H8/c1-2-4-5-3-1/h1,4H,2-3,5H2. The number of hydrogen-bond donors (Lipinski definition) is 0. The molecule has 0 unspecified atom stereocenters. The molecule has 0 saturated heterocycles. The Morgan fingerprint density at radius 3 is 1.80 bits per heavy atom. The van der Waals surface area contributed by atoms with Crippen LogP contribution in [0.3, 0.4) is 0 Å². The van der Waals surface area contributed by atoms with E-state index in [-0.39, 0.29) is 0 Å². The molecule has 0 atom stereocenters. The molecule has 1 fully saturated rings. The fourth-order valence-corrected chi connectivity index (χ4v) is 0.589. The second kappa shape index (κ2) is 1.44. The molecule has 0 bridgehead atoms. The van der Waals surface area contributed by atoms with Crippen LogP contribution in [-0.2, 0) is 0 Å². The van der Waals surface area contributed by atoms with Crippen LogP contribution in [0, 0.1) is 12.8 Å². The molecule has 0 aromatic heterocycles. The maximum Gasteiger partial charge on any atom is -0.0383 e. The van der Waals surface area contributed by atoms with Crippen molar-refractivity contribution in [3.05, 3.63) is 12.8 Å². The average molecular weight is 68.1 g/mol. The molecule has 1 aliphatic rings. The van der Waals surface area contributed by atoms with E-state index in [0.29, 0.717) is 0 Å². The van der Waals surface area contributed by atoms with Gasteiger partial charge in [-0.15, -0.1) is 0 Å². The van der Waals surface area contributed by atoms with Crippen molar-refractivity contribution >= 4 is 0 Å². The lowest BCUT2D eigenvalue weighted by Crippen LogP contribution is -1.51. The van der Waals surface area contributed by atoms with Crippen LogP contribution in [0.1, 0.15) is 19.3 Å². The summed E-state index contributed by atoms with van der Waals surface area (Å²) in [6.07, 6.45) is 8.50. The van der Waals surface area contributed by atoms with Gasteiger partial charge in [-0.1, -0.05) is 0 Å². The molecule has 0 heteroatoms. The van der Waals surface area contributed by atoms with Crippen LogP contribution in [0.15, 0.2) is 0 Å². The van der Waals surface area contributed by atoms with Crippen molar-refractivity contribution in [2.75, 3.05) is 0 Å². The number of hydrogen-bond acceptors (Lipinski definition) is 0. The summed E-state index contributed by atoms with van der Waals surface area (Å²) >= 11 is 0. The maximum atomic E-state index is 2.31. The molecule has 0 amide bonds. The predicted octanol–water partition coefficient (Wildman–Crippen LogP) is 1.58. The fraction of sp³-hybridized carbons (Fsp3) is 0.600. The van der Waals surface area contributed by atoms with E-state index in [1.54, 1.807) is 0 Å². The quantitative estimate of drug-likeness (QED) is 0.404. The zero-order valence-electron chi connectivity index (χ0n) is 3.28. The smallest absolute Gasteiger partial charge is 0.0383 e. The summed E-state index contributed by atoms with van der Waals surface area (Å²) in [6.45, 7) is 0. The third-order valence-corrected chi connectivity index (χ3v) is 0.908. The minimum atomic E-state index is 1.25. The summed E-state index contributed by atoms with van der Waals surface area (Å²) in [5, 5.41) is 0. The summed E-state index contributed by atoms with van der Waals surface area (Å²) < 4.78 is 0. The Hall–Kier alpha value is 0. The first-order chi connectivity index (χ1) is 2.50. The molecule has 1 rings (SSSR count). The monoisotopic (exact) mass is 68.1 g/mol. The van der Waals surface area contributed by atoms with E-state index < -0.39 is 0 Å². The molecule has 0 aliphatic heterocycles. The minimum absolute atomic E-state index is 1.25. The fourth-order valence-electron chi connectivity index (χ4n) is 0.589. The Labute approximate surface area is 33.2 Å². The van der Waals surface area contributed by atoms with E-state index in [1.807, 2.05) is 0 Å². The lowest BCUT2D eigenvalue weighted by atomic mass is 10.4. The Balaban J connectivity index is 2.08. The molecule has 2 radical (unpaired) electrons. The van der Waals surface area contributed by atoms with Crippen molar-refractivity contribution in [2.45, 2.75) is 19.3 Å². The highest BCUT2D eigenvalue weighted by Crippen LogP contribution is 2.12. The van der Waals surface area contributed by atoms with Gasteiger partial charge in [0.15, 0.2) is 0 Å². The van der Waals surface area contributed by atoms with Crippen molar-refractivity contribution in [3.63, 3.8) is 0 Å². The molecule has 0 aromatic carbocycles. The Morgan fingerprint density at radius 2 is 1.60 bits per heavy atom. The second-order valence-electron chi connectivity index (χ2n) is 1.39. The molecular weight excluding hydrogens is 60.1 g/mol. The van der Waals surface area contributed by atoms with Crippen LogP contribution in [0.2, 0.25) is 0 Å². The molecule has 0 nitrogen and oxygen atoms in total. The summed E-state index contributed by atoms with van der Waals surface area (Å²) in [5.74, 6) is 0. The van der Waals surface area contributed by atoms with Crippen LogP contribution in [-0.4, -0.2) is 0 Å². The number of rotatable bonds is 0. The molecule has 0 aromatic rings. The summed E-state index contributed by atoms with van der Waals surface area (Å²) in [4.78, 5) is 0. The zero-order chi connectivity index (χ0) is 3.54. The van der Waals surface area contributed by atoms with Crippen LogP contribution < -0.4 is 0 Å². The van der Waals surface area contributed by atoms with Crippen molar-refractivity contribution in [1.82, 2.24) is 0 Å². The van der Waals surface area contributed by atoms with E-state index in [0.717, 1.165) is 0 Å². The van der Waals surface area contributed by atoms with E-state index in [1.165, 1.54) is 19.3 Å². The Kier molecular flexibility index (Phi) is 0.922. The highest BCUT2D eigenvalue weighted by molar-refractivity contribution is 4.85. The summed E-state index contributed by atoms with van der Waals surface area (Å²) in [6, 6.07) is 0. The highest BCUT2D eigenvalue weighted by Gasteiger charge is 1.96. The van der Waals surface area contributed by atoms with Gasteiger partial charge in [-0.05, 0) is 32.1 Å². The lowest BCUT2D eigenvalue weighted by molar-refractivity contribution is 1.05. The van der Waals surface area contributed by atoms with Gasteiger partial charge in [-0.2, -0.15) is 0 Å². The molecule has 0 N–H and O–H groups in total. The van der Waals surface area contributed by atoms with Crippen LogP contribution in [0.5, 0.6) is 0 Å². The van der Waals surface area contributed by atoms with E-state index in [4.69, 9.17) is 0 Å². The van der Waals surface area contributed by atoms with E-state index in [9.17, 15) is 0 Å². The van der Waals surface area contributed by atoms with Gasteiger partial charge >= 0.3 is 0 Å². The van der Waals surface area contributed by atoms with Crippen molar-refractivity contribution < 1.29 is 0 Å². The largest absolute Gasteiger partial charge is 0.0499 e. The van der Waals surface area contributed by atoms with Gasteiger partial charge in [0.2, 0.25) is 0 Å². The maximum absolute atomic E-state index is 2.31. The van der Waals surface area contributed by atoms with E-state index >= 15 is 0 Å². The minimum Gasteiger partial charge on any atom is -0.0499 e. The van der Waals surface area contributed by atoms with Crippen LogP contribution in [0.4, 0.5) is 0 Å². The van der Waals surface area contributed by atoms with Crippen molar-refractivity contribution in [1.29, 1.82) is 0 Å². The third-order valence-electron chi connectivity index (χ3n) is 0.908. The van der Waals surface area contributed by atoms with Crippen molar-refractivity contribution in [3.8, 4) is 0 Å². The van der Waals surface area contributed by atoms with Gasteiger partial charge in [-0.25, -0.2) is 0 Å². The summed E-state index contributed by atoms with van der Waals surface area (Å²) in [5.41, 5.74) is 0. The van der Waals surface area contributed by atoms with Gasteiger partial charge in [0.05, 0.1) is 0 Å². The van der Waals surface area contributed by atoms with Gasteiger partial charge in [0.1, 0.15) is 0 Å². The average Bonchev–Trinajstić information content (AvgIpc) is 1.76.